The van der Waals surface area contributed by atoms with E-state index < -0.39 is 12.1 Å². The van der Waals surface area contributed by atoms with Crippen molar-refractivity contribution in [3.8, 4) is 0 Å². The highest BCUT2D eigenvalue weighted by atomic mass is 16.6. The Morgan fingerprint density at radius 3 is 2.67 bits per heavy atom. The van der Waals surface area contributed by atoms with Crippen molar-refractivity contribution in [1.29, 1.82) is 0 Å². The number of nitrogens with two attached hydrogens (primary N) is 1. The van der Waals surface area contributed by atoms with Crippen LogP contribution in [0.25, 0.3) is 0 Å². The van der Waals surface area contributed by atoms with Crippen LogP contribution in [-0.4, -0.2) is 48.8 Å². The summed E-state index contributed by atoms with van der Waals surface area (Å²) >= 11 is 0. The topological polar surface area (TPSA) is 81.9 Å². The normalized spacial score (nSPS) is 24.5. The minimum absolute atomic E-state index is 0.214. The van der Waals surface area contributed by atoms with Gasteiger partial charge in [-0.3, -0.25) is 4.79 Å². The predicted octanol–water partition coefficient (Wildman–Crippen LogP) is 1.72. The molecule has 2 N–H and O–H groups in total. The highest BCUT2D eigenvalue weighted by Gasteiger charge is 2.46. The molecule has 2 aliphatic rings. The number of hydrogen-bond donors (Lipinski definition) is 1. The van der Waals surface area contributed by atoms with Crippen LogP contribution in [0.1, 0.15) is 25.3 Å². The van der Waals surface area contributed by atoms with Gasteiger partial charge in [-0.1, -0.05) is 37.3 Å². The van der Waals surface area contributed by atoms with Crippen molar-refractivity contribution in [1.82, 2.24) is 4.90 Å². The average molecular weight is 332 g/mol. The Morgan fingerprint density at radius 1 is 1.33 bits per heavy atom. The van der Waals surface area contributed by atoms with Crippen molar-refractivity contribution < 1.29 is 19.1 Å². The molecule has 2 amide bonds. The molecule has 2 atom stereocenters. The van der Waals surface area contributed by atoms with Crippen LogP contribution in [0.4, 0.5) is 4.79 Å². The number of hydrogen-bond acceptors (Lipinski definition) is 5. The number of ether oxygens (including phenoxy) is 2. The van der Waals surface area contributed by atoms with Crippen molar-refractivity contribution in [2.75, 3.05) is 19.8 Å². The zero-order chi connectivity index (χ0) is 17.2. The van der Waals surface area contributed by atoms with Crippen LogP contribution in [0.2, 0.25) is 0 Å². The molecule has 24 heavy (non-hydrogen) atoms. The fourth-order valence-corrected chi connectivity index (χ4v) is 3.36. The van der Waals surface area contributed by atoms with Crippen molar-refractivity contribution in [2.24, 2.45) is 11.1 Å². The van der Waals surface area contributed by atoms with E-state index in [1.54, 1.807) is 0 Å². The molecule has 0 spiro atoms. The molecule has 1 aromatic carbocycles. The maximum atomic E-state index is 12.9. The van der Waals surface area contributed by atoms with E-state index in [1.807, 2.05) is 37.3 Å². The number of carbonyl (C=O) groups is 2. The number of carbonyl (C=O) groups excluding carboxylic acids is 2. The zero-order valence-corrected chi connectivity index (χ0v) is 13.9. The third-order valence-electron chi connectivity index (χ3n) is 5.16. The third kappa shape index (κ3) is 3.30. The number of imide groups is 1. The summed E-state index contributed by atoms with van der Waals surface area (Å²) in [7, 11) is 0. The Labute approximate surface area is 141 Å². The molecule has 0 aromatic heterocycles. The standard InChI is InChI=1S/C18H24N2O4/c1-18(7-9-23-10-8-18)15(19)16(21)20-14(12-24-17(20)22)11-13-5-3-2-4-6-13/h2-6,14-15H,7-12,19H2,1H3/t14-,15+/m0/s1. The maximum Gasteiger partial charge on any atom is 0.417 e. The Bertz CT molecular complexity index is 598. The quantitative estimate of drug-likeness (QED) is 0.908. The highest BCUT2D eigenvalue weighted by molar-refractivity contribution is 5.96. The van der Waals surface area contributed by atoms with Crippen molar-refractivity contribution >= 4 is 12.0 Å². The Morgan fingerprint density at radius 2 is 2.00 bits per heavy atom. The first-order valence-electron chi connectivity index (χ1n) is 8.38. The molecule has 1 aromatic rings. The molecule has 3 rings (SSSR count). The monoisotopic (exact) mass is 332 g/mol. The zero-order valence-electron chi connectivity index (χ0n) is 13.9. The number of amides is 2. The van der Waals surface area contributed by atoms with E-state index in [0.717, 1.165) is 5.56 Å². The summed E-state index contributed by atoms with van der Waals surface area (Å²) in [6, 6.07) is 8.73. The van der Waals surface area contributed by atoms with Crippen LogP contribution in [0.5, 0.6) is 0 Å². The molecule has 6 heteroatoms. The summed E-state index contributed by atoms with van der Waals surface area (Å²) in [6.07, 6.45) is 1.41. The predicted molar refractivity (Wildman–Crippen MR) is 88.3 cm³/mol. The molecule has 0 aliphatic carbocycles. The summed E-state index contributed by atoms with van der Waals surface area (Å²) in [5, 5.41) is 0. The van der Waals surface area contributed by atoms with Crippen LogP contribution in [-0.2, 0) is 20.7 Å². The summed E-state index contributed by atoms with van der Waals surface area (Å²) in [6.45, 7) is 3.39. The molecular formula is C18H24N2O4. The Hall–Kier alpha value is -1.92. The van der Waals surface area contributed by atoms with E-state index >= 15 is 0 Å². The molecule has 2 saturated heterocycles. The molecule has 6 nitrogen and oxygen atoms in total. The van der Waals surface area contributed by atoms with Gasteiger partial charge in [0.1, 0.15) is 6.61 Å². The van der Waals surface area contributed by atoms with Crippen LogP contribution < -0.4 is 5.73 Å². The van der Waals surface area contributed by atoms with Crippen molar-refractivity contribution in [3.63, 3.8) is 0 Å². The second-order valence-electron chi connectivity index (χ2n) is 6.87. The van der Waals surface area contributed by atoms with Gasteiger partial charge >= 0.3 is 6.09 Å². The summed E-state index contributed by atoms with van der Waals surface area (Å²) in [5.41, 5.74) is 6.98. The first-order chi connectivity index (χ1) is 11.5. The Balaban J connectivity index is 1.74. The molecule has 2 heterocycles. The first kappa shape index (κ1) is 16.9. The van der Waals surface area contributed by atoms with Gasteiger partial charge in [-0.25, -0.2) is 9.69 Å². The molecular weight excluding hydrogens is 308 g/mol. The van der Waals surface area contributed by atoms with Gasteiger partial charge in [-0.2, -0.15) is 0 Å². The van der Waals surface area contributed by atoms with Gasteiger partial charge in [-0.05, 0) is 30.2 Å². The molecule has 130 valence electrons. The lowest BCUT2D eigenvalue weighted by Gasteiger charge is -2.39. The smallest absolute Gasteiger partial charge is 0.417 e. The maximum absolute atomic E-state index is 12.9. The van der Waals surface area contributed by atoms with E-state index in [0.29, 0.717) is 32.5 Å². The van der Waals surface area contributed by atoms with Gasteiger partial charge in [0.05, 0.1) is 12.1 Å². The summed E-state index contributed by atoms with van der Waals surface area (Å²) in [5.74, 6) is -0.345. The van der Waals surface area contributed by atoms with Crippen molar-refractivity contribution in [2.45, 2.75) is 38.3 Å². The number of nitrogens with zero attached hydrogens (tertiary/aromatic N) is 1. The fraction of sp³-hybridized carbons (Fsp3) is 0.556. The highest BCUT2D eigenvalue weighted by Crippen LogP contribution is 2.34. The lowest BCUT2D eigenvalue weighted by atomic mass is 9.75. The van der Waals surface area contributed by atoms with E-state index in [1.165, 1.54) is 4.90 Å². The average Bonchev–Trinajstić information content (AvgIpc) is 2.95. The van der Waals surface area contributed by atoms with Crippen LogP contribution in [0, 0.1) is 5.41 Å². The van der Waals surface area contributed by atoms with E-state index in [9.17, 15) is 9.59 Å². The van der Waals surface area contributed by atoms with Gasteiger partial charge in [0, 0.05) is 13.2 Å². The van der Waals surface area contributed by atoms with Crippen molar-refractivity contribution in [3.05, 3.63) is 35.9 Å². The molecule has 2 aliphatic heterocycles. The van der Waals surface area contributed by atoms with Crippen LogP contribution >= 0.6 is 0 Å². The van der Waals surface area contributed by atoms with Gasteiger partial charge < -0.3 is 15.2 Å². The third-order valence-corrected chi connectivity index (χ3v) is 5.16. The number of benzene rings is 1. The summed E-state index contributed by atoms with van der Waals surface area (Å²) in [4.78, 5) is 26.3. The van der Waals surface area contributed by atoms with Gasteiger partial charge in [0.25, 0.3) is 0 Å². The second kappa shape index (κ2) is 6.91. The fourth-order valence-electron chi connectivity index (χ4n) is 3.36. The largest absolute Gasteiger partial charge is 0.447 e. The second-order valence-corrected chi connectivity index (χ2v) is 6.87. The van der Waals surface area contributed by atoms with Gasteiger partial charge in [-0.15, -0.1) is 0 Å². The minimum atomic E-state index is -0.731. The van der Waals surface area contributed by atoms with Crippen LogP contribution in [0.3, 0.4) is 0 Å². The molecule has 0 bridgehead atoms. The SMILES string of the molecule is CC1([C@H](N)C(=O)N2C(=O)OC[C@@H]2Cc2ccccc2)CCOCC1. The first-order valence-corrected chi connectivity index (χ1v) is 8.38. The molecule has 0 radical (unpaired) electrons. The Kier molecular flexibility index (Phi) is 4.87. The summed E-state index contributed by atoms with van der Waals surface area (Å²) < 4.78 is 10.5. The van der Waals surface area contributed by atoms with E-state index in [2.05, 4.69) is 0 Å². The lowest BCUT2D eigenvalue weighted by molar-refractivity contribution is -0.135. The minimum Gasteiger partial charge on any atom is -0.447 e. The molecule has 0 unspecified atom stereocenters. The lowest BCUT2D eigenvalue weighted by Crippen LogP contribution is -2.56. The number of cyclic esters (lactones) is 1. The van der Waals surface area contributed by atoms with E-state index in [4.69, 9.17) is 15.2 Å². The molecule has 0 saturated carbocycles. The van der Waals surface area contributed by atoms with Gasteiger partial charge in [0.2, 0.25) is 5.91 Å². The van der Waals surface area contributed by atoms with Gasteiger partial charge in [0.15, 0.2) is 0 Å². The molecule has 2 fully saturated rings. The van der Waals surface area contributed by atoms with Crippen LogP contribution in [0.15, 0.2) is 30.3 Å². The van der Waals surface area contributed by atoms with E-state index in [-0.39, 0.29) is 24.0 Å². The number of rotatable bonds is 4.